The summed E-state index contributed by atoms with van der Waals surface area (Å²) in [5, 5.41) is 3.33. The molecule has 6 nitrogen and oxygen atoms in total. The molecule has 0 saturated carbocycles. The Bertz CT molecular complexity index is 524. The minimum Gasteiger partial charge on any atom is -0.381 e. The zero-order valence-corrected chi connectivity index (χ0v) is 17.8. The maximum Gasteiger partial charge on any atom is 0.220 e. The van der Waals surface area contributed by atoms with E-state index in [4.69, 9.17) is 4.74 Å². The van der Waals surface area contributed by atoms with E-state index in [0.717, 1.165) is 52.1 Å². The smallest absolute Gasteiger partial charge is 0.220 e. The molecule has 27 heavy (non-hydrogen) atoms. The number of hydrogen-bond donors (Lipinski definition) is 1. The lowest BCUT2D eigenvalue weighted by Crippen LogP contribution is -2.42. The van der Waals surface area contributed by atoms with Gasteiger partial charge in [-0.3, -0.25) is 9.69 Å². The number of carbonyl (C=O) groups is 1. The number of hydrogen-bond acceptors (Lipinski definition) is 4. The van der Waals surface area contributed by atoms with E-state index in [1.54, 1.807) is 12.5 Å². The van der Waals surface area contributed by atoms with Gasteiger partial charge in [-0.1, -0.05) is 13.3 Å². The van der Waals surface area contributed by atoms with Crippen LogP contribution in [0.3, 0.4) is 0 Å². The summed E-state index contributed by atoms with van der Waals surface area (Å²) in [5.74, 6) is 0.783. The van der Waals surface area contributed by atoms with Crippen molar-refractivity contribution in [1.82, 2.24) is 19.8 Å². The molecule has 8 heteroatoms. The van der Waals surface area contributed by atoms with Gasteiger partial charge >= 0.3 is 0 Å². The van der Waals surface area contributed by atoms with E-state index < -0.39 is 0 Å². The average Bonchev–Trinajstić information content (AvgIpc) is 3.27. The van der Waals surface area contributed by atoms with Crippen LogP contribution in [0.15, 0.2) is 18.7 Å². The van der Waals surface area contributed by atoms with Gasteiger partial charge < -0.3 is 14.6 Å². The second-order valence-electron chi connectivity index (χ2n) is 7.42. The SMILES string of the molecule is CCC[C@H]1CN(C2CCOCC2)C[C@@H]1NC(=O)CCCn1ccnc1.Cl.Cl. The predicted octanol–water partition coefficient (Wildman–Crippen LogP) is 2.90. The van der Waals surface area contributed by atoms with E-state index in [1.165, 1.54) is 12.8 Å². The van der Waals surface area contributed by atoms with Crippen molar-refractivity contribution >= 4 is 30.7 Å². The number of amides is 1. The van der Waals surface area contributed by atoms with E-state index in [1.807, 2.05) is 10.8 Å². The third-order valence-corrected chi connectivity index (χ3v) is 5.56. The lowest BCUT2D eigenvalue weighted by atomic mass is 9.98. The van der Waals surface area contributed by atoms with Gasteiger partial charge in [0.2, 0.25) is 5.91 Å². The number of halogens is 2. The van der Waals surface area contributed by atoms with Gasteiger partial charge in [0.25, 0.3) is 0 Å². The summed E-state index contributed by atoms with van der Waals surface area (Å²) >= 11 is 0. The van der Waals surface area contributed by atoms with Gasteiger partial charge in [-0.25, -0.2) is 4.98 Å². The summed E-state index contributed by atoms with van der Waals surface area (Å²) in [7, 11) is 0. The van der Waals surface area contributed by atoms with Crippen LogP contribution in [0, 0.1) is 5.92 Å². The Balaban J connectivity index is 0.00000182. The number of ether oxygens (including phenoxy) is 1. The molecular weight excluding hydrogens is 387 g/mol. The Hall–Kier alpha value is -0.820. The number of nitrogens with zero attached hydrogens (tertiary/aromatic N) is 3. The van der Waals surface area contributed by atoms with E-state index in [-0.39, 0.29) is 30.7 Å². The molecule has 1 aromatic heterocycles. The van der Waals surface area contributed by atoms with Crippen LogP contribution in [0.4, 0.5) is 0 Å². The van der Waals surface area contributed by atoms with Gasteiger partial charge in [0.15, 0.2) is 0 Å². The maximum atomic E-state index is 12.4. The molecule has 2 fully saturated rings. The zero-order chi connectivity index (χ0) is 17.5. The second kappa shape index (κ2) is 12.6. The van der Waals surface area contributed by atoms with Crippen molar-refractivity contribution in [2.75, 3.05) is 26.3 Å². The van der Waals surface area contributed by atoms with Crippen molar-refractivity contribution in [3.63, 3.8) is 0 Å². The van der Waals surface area contributed by atoms with Crippen molar-refractivity contribution in [3.8, 4) is 0 Å². The van der Waals surface area contributed by atoms with Gasteiger partial charge in [-0.15, -0.1) is 24.8 Å². The number of imidazole rings is 1. The molecule has 2 aliphatic rings. The Labute approximate surface area is 175 Å². The fourth-order valence-corrected chi connectivity index (χ4v) is 4.20. The Morgan fingerprint density at radius 1 is 1.26 bits per heavy atom. The summed E-state index contributed by atoms with van der Waals surface area (Å²) in [5.41, 5.74) is 0. The fourth-order valence-electron chi connectivity index (χ4n) is 4.20. The first-order valence-electron chi connectivity index (χ1n) is 9.83. The summed E-state index contributed by atoms with van der Waals surface area (Å²) in [6.45, 7) is 6.97. The lowest BCUT2D eigenvalue weighted by Gasteiger charge is -2.31. The monoisotopic (exact) mass is 420 g/mol. The third-order valence-electron chi connectivity index (χ3n) is 5.56. The molecule has 0 bridgehead atoms. The molecule has 156 valence electrons. The summed E-state index contributed by atoms with van der Waals surface area (Å²) < 4.78 is 7.52. The molecule has 2 saturated heterocycles. The predicted molar refractivity (Wildman–Crippen MR) is 112 cm³/mol. The number of aryl methyl sites for hydroxylation is 1. The van der Waals surface area contributed by atoms with Crippen LogP contribution in [0.1, 0.15) is 45.4 Å². The quantitative estimate of drug-likeness (QED) is 0.701. The molecule has 1 aromatic rings. The first-order chi connectivity index (χ1) is 12.3. The Morgan fingerprint density at radius 2 is 2.04 bits per heavy atom. The number of aromatic nitrogens is 2. The molecule has 3 rings (SSSR count). The van der Waals surface area contributed by atoms with Gasteiger partial charge in [-0.2, -0.15) is 0 Å². The van der Waals surface area contributed by atoms with Crippen molar-refractivity contribution in [1.29, 1.82) is 0 Å². The Morgan fingerprint density at radius 3 is 2.70 bits per heavy atom. The van der Waals surface area contributed by atoms with Crippen molar-refractivity contribution in [2.45, 2.75) is 64.1 Å². The number of nitrogens with one attached hydrogen (secondary N) is 1. The second-order valence-corrected chi connectivity index (χ2v) is 7.42. The van der Waals surface area contributed by atoms with Crippen molar-refractivity contribution in [2.24, 2.45) is 5.92 Å². The molecule has 0 radical (unpaired) electrons. The van der Waals surface area contributed by atoms with Crippen LogP contribution in [0.25, 0.3) is 0 Å². The van der Waals surface area contributed by atoms with E-state index in [9.17, 15) is 4.79 Å². The highest BCUT2D eigenvalue weighted by Crippen LogP contribution is 2.27. The summed E-state index contributed by atoms with van der Waals surface area (Å²) in [6, 6.07) is 0.944. The molecule has 0 unspecified atom stereocenters. The first kappa shape index (κ1) is 24.2. The van der Waals surface area contributed by atoms with E-state index in [0.29, 0.717) is 24.4 Å². The van der Waals surface area contributed by atoms with Crippen LogP contribution >= 0.6 is 24.8 Å². The third kappa shape index (κ3) is 7.26. The topological polar surface area (TPSA) is 59.4 Å². The molecule has 0 spiro atoms. The Kier molecular flexibility index (Phi) is 11.3. The highest BCUT2D eigenvalue weighted by atomic mass is 35.5. The van der Waals surface area contributed by atoms with Crippen LogP contribution < -0.4 is 5.32 Å². The van der Waals surface area contributed by atoms with Crippen LogP contribution in [-0.4, -0.2) is 58.7 Å². The minimum atomic E-state index is 0. The van der Waals surface area contributed by atoms with Gasteiger partial charge in [0.1, 0.15) is 0 Å². The lowest BCUT2D eigenvalue weighted by molar-refractivity contribution is -0.122. The molecule has 2 aliphatic heterocycles. The highest BCUT2D eigenvalue weighted by Gasteiger charge is 2.36. The van der Waals surface area contributed by atoms with Gasteiger partial charge in [0.05, 0.1) is 6.33 Å². The van der Waals surface area contributed by atoms with E-state index >= 15 is 0 Å². The molecule has 2 atom stereocenters. The molecule has 3 heterocycles. The largest absolute Gasteiger partial charge is 0.381 e. The zero-order valence-electron chi connectivity index (χ0n) is 16.2. The standard InChI is InChI=1S/C19H32N4O2.2ClH/c1-2-4-16-13-23(17-6-11-25-12-7-17)14-18(16)21-19(24)5-3-9-22-10-8-20-15-22;;/h8,10,15-18H,2-7,9,11-14H2,1H3,(H,21,24);2*1H/t16-,18-;;/m0../s1. The summed E-state index contributed by atoms with van der Waals surface area (Å²) in [4.78, 5) is 19.0. The van der Waals surface area contributed by atoms with E-state index in [2.05, 4.69) is 22.1 Å². The first-order valence-corrected chi connectivity index (χ1v) is 9.83. The fraction of sp³-hybridized carbons (Fsp3) is 0.789. The molecule has 1 amide bonds. The number of carbonyl (C=O) groups excluding carboxylic acids is 1. The van der Waals surface area contributed by atoms with Crippen LogP contribution in [0.2, 0.25) is 0 Å². The number of rotatable bonds is 8. The normalized spacial score (nSPS) is 23.4. The van der Waals surface area contributed by atoms with Gasteiger partial charge in [0, 0.05) is 63.7 Å². The van der Waals surface area contributed by atoms with Crippen LogP contribution in [0.5, 0.6) is 0 Å². The number of likely N-dealkylation sites (tertiary alicyclic amines) is 1. The van der Waals surface area contributed by atoms with Crippen LogP contribution in [-0.2, 0) is 16.1 Å². The van der Waals surface area contributed by atoms with Gasteiger partial charge in [-0.05, 0) is 31.6 Å². The average molecular weight is 421 g/mol. The highest BCUT2D eigenvalue weighted by molar-refractivity contribution is 5.85. The molecular formula is C19H34Cl2N4O2. The maximum absolute atomic E-state index is 12.4. The molecule has 0 aliphatic carbocycles. The molecule has 0 aromatic carbocycles. The van der Waals surface area contributed by atoms with Crippen molar-refractivity contribution in [3.05, 3.63) is 18.7 Å². The molecule has 1 N–H and O–H groups in total. The summed E-state index contributed by atoms with van der Waals surface area (Å²) in [6.07, 6.45) is 11.6. The van der Waals surface area contributed by atoms with Crippen molar-refractivity contribution < 1.29 is 9.53 Å². The minimum absolute atomic E-state index is 0.